The van der Waals surface area contributed by atoms with Crippen molar-refractivity contribution < 1.29 is 33.5 Å². The minimum atomic E-state index is -4.39. The number of carbonyl (C=O) groups is 1. The molecule has 0 rings (SSSR count). The summed E-state index contributed by atoms with van der Waals surface area (Å²) in [6.45, 7) is 3.94. The third-order valence-electron chi connectivity index (χ3n) is 8.83. The van der Waals surface area contributed by atoms with E-state index in [0.29, 0.717) is 6.42 Å². The van der Waals surface area contributed by atoms with Gasteiger partial charge in [-0.2, -0.15) is 0 Å². The van der Waals surface area contributed by atoms with Gasteiger partial charge in [0.15, 0.2) is 0 Å². The van der Waals surface area contributed by atoms with Crippen LogP contribution < -0.4 is 11.1 Å². The summed E-state index contributed by atoms with van der Waals surface area (Å²) in [6, 6.07) is -0.983. The maximum absolute atomic E-state index is 12.8. The first-order valence-electron chi connectivity index (χ1n) is 20.0. The van der Waals surface area contributed by atoms with Crippen molar-refractivity contribution in [2.75, 3.05) is 19.8 Å². The number of unbranched alkanes of at least 4 members (excludes halogenated alkanes) is 21. The van der Waals surface area contributed by atoms with E-state index in [1.807, 2.05) is 6.08 Å². The van der Waals surface area contributed by atoms with E-state index in [9.17, 15) is 24.5 Å². The Kier molecular flexibility index (Phi) is 34.6. The highest BCUT2D eigenvalue weighted by atomic mass is 31.2. The van der Waals surface area contributed by atoms with Gasteiger partial charge in [0.05, 0.1) is 37.9 Å². The van der Waals surface area contributed by atoms with E-state index in [1.54, 1.807) is 6.08 Å². The van der Waals surface area contributed by atoms with Gasteiger partial charge in [0.1, 0.15) is 0 Å². The van der Waals surface area contributed by atoms with Crippen molar-refractivity contribution in [3.8, 4) is 0 Å². The molecule has 0 bridgehead atoms. The highest BCUT2D eigenvalue weighted by molar-refractivity contribution is 7.47. The predicted molar refractivity (Wildman–Crippen MR) is 204 cm³/mol. The van der Waals surface area contributed by atoms with Crippen molar-refractivity contribution in [1.82, 2.24) is 5.32 Å². The molecule has 9 nitrogen and oxygen atoms in total. The number of amides is 1. The highest BCUT2D eigenvalue weighted by Crippen LogP contribution is 2.43. The summed E-state index contributed by atoms with van der Waals surface area (Å²) in [7, 11) is -4.39. The Morgan fingerprint density at radius 3 is 1.63 bits per heavy atom. The van der Waals surface area contributed by atoms with Gasteiger partial charge in [-0.15, -0.1) is 0 Å². The number of hydrogen-bond donors (Lipinski definition) is 5. The predicted octanol–water partition coefficient (Wildman–Crippen LogP) is 9.58. The number of nitrogens with one attached hydrogen (secondary N) is 1. The number of aliphatic hydroxyl groups is 2. The van der Waals surface area contributed by atoms with Gasteiger partial charge in [-0.25, -0.2) is 4.57 Å². The third-order valence-corrected chi connectivity index (χ3v) is 9.81. The first-order valence-corrected chi connectivity index (χ1v) is 21.5. The summed E-state index contributed by atoms with van der Waals surface area (Å²) in [6.07, 6.45) is 35.4. The Labute approximate surface area is 300 Å². The maximum atomic E-state index is 12.8. The zero-order chi connectivity index (χ0) is 36.3. The number of allylic oxidation sites excluding steroid dienone is 3. The lowest BCUT2D eigenvalue weighted by molar-refractivity contribution is -0.124. The molecule has 6 N–H and O–H groups in total. The Morgan fingerprint density at radius 1 is 0.694 bits per heavy atom. The largest absolute Gasteiger partial charge is 0.472 e. The number of phosphoric ester groups is 1. The number of phosphoric acid groups is 1. The van der Waals surface area contributed by atoms with E-state index in [-0.39, 0.29) is 19.6 Å². The molecular weight excluding hydrogens is 639 g/mol. The molecule has 49 heavy (non-hydrogen) atoms. The minimum absolute atomic E-state index is 0.0480. The quantitative estimate of drug-likeness (QED) is 0.0242. The van der Waals surface area contributed by atoms with E-state index in [2.05, 4.69) is 31.3 Å². The third kappa shape index (κ3) is 33.8. The molecule has 10 heteroatoms. The summed E-state index contributed by atoms with van der Waals surface area (Å²) in [5.74, 6) is -0.456. The summed E-state index contributed by atoms with van der Waals surface area (Å²) >= 11 is 0. The van der Waals surface area contributed by atoms with Crippen LogP contribution >= 0.6 is 7.82 Å². The van der Waals surface area contributed by atoms with Crippen molar-refractivity contribution in [3.63, 3.8) is 0 Å². The van der Waals surface area contributed by atoms with Crippen LogP contribution in [0.2, 0.25) is 0 Å². The van der Waals surface area contributed by atoms with Gasteiger partial charge >= 0.3 is 7.82 Å². The zero-order valence-corrected chi connectivity index (χ0v) is 32.4. The topological polar surface area (TPSA) is 151 Å². The van der Waals surface area contributed by atoms with Crippen LogP contribution in [0.4, 0.5) is 0 Å². The minimum Gasteiger partial charge on any atom is -0.393 e. The van der Waals surface area contributed by atoms with Gasteiger partial charge in [0, 0.05) is 6.54 Å². The summed E-state index contributed by atoms with van der Waals surface area (Å²) in [5.41, 5.74) is 5.35. The molecule has 0 radical (unpaired) electrons. The Hall–Kier alpha value is -1.06. The number of hydrogen-bond acceptors (Lipinski definition) is 7. The van der Waals surface area contributed by atoms with Crippen LogP contribution in [0.5, 0.6) is 0 Å². The fourth-order valence-electron chi connectivity index (χ4n) is 5.76. The zero-order valence-electron chi connectivity index (χ0n) is 31.5. The fourth-order valence-corrected chi connectivity index (χ4v) is 6.52. The maximum Gasteiger partial charge on any atom is 0.472 e. The van der Waals surface area contributed by atoms with E-state index in [0.717, 1.165) is 51.4 Å². The van der Waals surface area contributed by atoms with Gasteiger partial charge in [-0.1, -0.05) is 154 Å². The van der Waals surface area contributed by atoms with Crippen LogP contribution in [-0.4, -0.2) is 59.0 Å². The van der Waals surface area contributed by atoms with E-state index < -0.39 is 38.6 Å². The number of carbonyl (C=O) groups excluding carboxylic acids is 1. The average molecular weight is 717 g/mol. The molecule has 0 aliphatic rings. The molecule has 0 fully saturated rings. The van der Waals surface area contributed by atoms with E-state index in [1.165, 1.54) is 103 Å². The molecule has 0 heterocycles. The van der Waals surface area contributed by atoms with Crippen molar-refractivity contribution in [1.29, 1.82) is 0 Å². The fraction of sp³-hybridized carbons (Fsp3) is 0.872. The second kappa shape index (κ2) is 35.3. The Morgan fingerprint density at radius 2 is 1.14 bits per heavy atom. The van der Waals surface area contributed by atoms with Crippen LogP contribution in [-0.2, 0) is 18.4 Å². The molecule has 0 aliphatic heterocycles. The molecule has 0 aliphatic carbocycles. The normalized spacial score (nSPS) is 15.1. The SMILES string of the molecule is CCCCCCCCC/C=C\CCCCCC(O)CC(=O)NC(COP(=O)(O)OCCN)C(O)/C=C/CCCCCCCCCCCCC. The monoisotopic (exact) mass is 717 g/mol. The molecule has 290 valence electrons. The van der Waals surface area contributed by atoms with Gasteiger partial charge in [-0.05, 0) is 44.9 Å². The lowest BCUT2D eigenvalue weighted by Gasteiger charge is -2.24. The summed E-state index contributed by atoms with van der Waals surface area (Å²) in [4.78, 5) is 22.7. The van der Waals surface area contributed by atoms with E-state index in [4.69, 9.17) is 14.8 Å². The van der Waals surface area contributed by atoms with Crippen molar-refractivity contribution in [3.05, 3.63) is 24.3 Å². The van der Waals surface area contributed by atoms with Crippen LogP contribution in [0, 0.1) is 0 Å². The van der Waals surface area contributed by atoms with Gasteiger partial charge in [-0.3, -0.25) is 13.8 Å². The van der Waals surface area contributed by atoms with Crippen molar-refractivity contribution in [2.45, 2.75) is 199 Å². The molecular formula is C39H77N2O7P. The standard InChI is InChI=1S/C39H77N2O7P/c1-3-5-7-9-11-13-15-17-19-20-22-24-26-28-30-36(42)34-39(44)41-37(35-48-49(45,46)47-33-32-40)38(43)31-29-27-25-23-21-18-16-14-12-10-8-6-4-2/h19-20,29,31,36-38,42-43H,3-18,21-28,30,32-35,40H2,1-2H3,(H,41,44)(H,45,46)/b20-19-,31-29+. The highest BCUT2D eigenvalue weighted by Gasteiger charge is 2.27. The average Bonchev–Trinajstić information content (AvgIpc) is 3.07. The number of aliphatic hydroxyl groups excluding tert-OH is 2. The van der Waals surface area contributed by atoms with Crippen LogP contribution in [0.1, 0.15) is 181 Å². The lowest BCUT2D eigenvalue weighted by Crippen LogP contribution is -2.46. The molecule has 4 atom stereocenters. The first-order chi connectivity index (χ1) is 23.8. The van der Waals surface area contributed by atoms with Crippen molar-refractivity contribution in [2.24, 2.45) is 5.73 Å². The molecule has 0 aromatic rings. The second-order valence-electron chi connectivity index (χ2n) is 13.7. The summed E-state index contributed by atoms with van der Waals surface area (Å²) < 4.78 is 22.0. The number of rotatable bonds is 37. The molecule has 4 unspecified atom stereocenters. The molecule has 0 aromatic carbocycles. The summed E-state index contributed by atoms with van der Waals surface area (Å²) in [5, 5.41) is 23.9. The second-order valence-corrected chi connectivity index (χ2v) is 15.1. The number of nitrogens with two attached hydrogens (primary N) is 1. The van der Waals surface area contributed by atoms with Gasteiger partial charge in [0.2, 0.25) is 5.91 Å². The lowest BCUT2D eigenvalue weighted by atomic mass is 10.0. The van der Waals surface area contributed by atoms with Crippen LogP contribution in [0.25, 0.3) is 0 Å². The Bertz CT molecular complexity index is 842. The molecule has 0 aromatic heterocycles. The van der Waals surface area contributed by atoms with Crippen LogP contribution in [0.15, 0.2) is 24.3 Å². The van der Waals surface area contributed by atoms with Crippen LogP contribution in [0.3, 0.4) is 0 Å². The Balaban J connectivity index is 4.42. The molecule has 0 saturated heterocycles. The van der Waals surface area contributed by atoms with Gasteiger partial charge in [0.25, 0.3) is 0 Å². The van der Waals surface area contributed by atoms with Gasteiger partial charge < -0.3 is 26.2 Å². The first kappa shape index (κ1) is 47.9. The van der Waals surface area contributed by atoms with Crippen molar-refractivity contribution >= 4 is 13.7 Å². The molecule has 1 amide bonds. The molecule has 0 saturated carbocycles. The smallest absolute Gasteiger partial charge is 0.393 e. The molecule has 0 spiro atoms. The van der Waals surface area contributed by atoms with E-state index >= 15 is 0 Å².